The van der Waals surface area contributed by atoms with Crippen LogP contribution in [0.1, 0.15) is 31.2 Å². The molecule has 0 aliphatic carbocycles. The maximum atomic E-state index is 11.9. The molecular formula is C19H22ClN3O. The van der Waals surface area contributed by atoms with Crippen molar-refractivity contribution >= 4 is 35.1 Å². The number of aliphatic imine (C=N–C) groups is 1. The Morgan fingerprint density at radius 3 is 2.79 bits per heavy atom. The predicted molar refractivity (Wildman–Crippen MR) is 101 cm³/mol. The summed E-state index contributed by atoms with van der Waals surface area (Å²) in [7, 11) is 0. The molecule has 0 radical (unpaired) electrons. The van der Waals surface area contributed by atoms with Gasteiger partial charge >= 0.3 is 0 Å². The van der Waals surface area contributed by atoms with Crippen LogP contribution in [0.3, 0.4) is 0 Å². The molecule has 0 spiro atoms. The monoisotopic (exact) mass is 343 g/mol. The topological polar surface area (TPSA) is 44.7 Å². The van der Waals surface area contributed by atoms with Crippen molar-refractivity contribution in [1.82, 2.24) is 5.32 Å². The molecule has 1 N–H and O–H groups in total. The molecule has 2 heterocycles. The summed E-state index contributed by atoms with van der Waals surface area (Å²) in [5.74, 6) is 0.416. The van der Waals surface area contributed by atoms with Crippen molar-refractivity contribution in [3.63, 3.8) is 0 Å². The highest BCUT2D eigenvalue weighted by Gasteiger charge is 2.12. The van der Waals surface area contributed by atoms with Gasteiger partial charge in [0.2, 0.25) is 5.91 Å². The second-order valence-electron chi connectivity index (χ2n) is 6.03. The van der Waals surface area contributed by atoms with Gasteiger partial charge < -0.3 is 10.2 Å². The van der Waals surface area contributed by atoms with Crippen molar-refractivity contribution in [2.75, 3.05) is 24.5 Å². The van der Waals surface area contributed by atoms with Crippen LogP contribution in [0, 0.1) is 0 Å². The van der Waals surface area contributed by atoms with Gasteiger partial charge in [0.25, 0.3) is 0 Å². The van der Waals surface area contributed by atoms with Crippen LogP contribution in [0.4, 0.5) is 5.69 Å². The molecule has 1 aromatic carbocycles. The number of carbonyl (C=O) groups excluding carboxylic acids is 1. The summed E-state index contributed by atoms with van der Waals surface area (Å²) in [6, 6.07) is 6.02. The van der Waals surface area contributed by atoms with Gasteiger partial charge in [-0.05, 0) is 55.5 Å². The number of hydrogen-bond donors (Lipinski definition) is 1. The molecule has 3 rings (SSSR count). The van der Waals surface area contributed by atoms with Crippen LogP contribution in [0.5, 0.6) is 0 Å². The lowest BCUT2D eigenvalue weighted by molar-refractivity contribution is -0.115. The van der Waals surface area contributed by atoms with E-state index in [4.69, 9.17) is 11.6 Å². The maximum absolute atomic E-state index is 11.9. The molecule has 2 aliphatic heterocycles. The number of nitrogens with one attached hydrogen (secondary N) is 1. The standard InChI is InChI=1S/C19H22ClN3O/c20-17-14-16(23-12-4-1-5-13-23)9-7-15(17)8-10-19(24)22-18-6-2-3-11-21-18/h2,6-10,14H,1,3-5,11-13H2,(H,21,22,24)/b10-8+. The Morgan fingerprint density at radius 2 is 2.08 bits per heavy atom. The van der Waals surface area contributed by atoms with Crippen molar-refractivity contribution in [2.24, 2.45) is 4.99 Å². The number of hydrogen-bond acceptors (Lipinski definition) is 3. The van der Waals surface area contributed by atoms with Gasteiger partial charge in [0, 0.05) is 36.4 Å². The van der Waals surface area contributed by atoms with Gasteiger partial charge in [-0.25, -0.2) is 0 Å². The average Bonchev–Trinajstić information content (AvgIpc) is 2.62. The van der Waals surface area contributed by atoms with Crippen molar-refractivity contribution in [2.45, 2.75) is 25.7 Å². The molecule has 24 heavy (non-hydrogen) atoms. The Balaban J connectivity index is 1.62. The van der Waals surface area contributed by atoms with E-state index < -0.39 is 0 Å². The number of nitrogens with zero attached hydrogens (tertiary/aromatic N) is 2. The quantitative estimate of drug-likeness (QED) is 0.848. The fourth-order valence-corrected chi connectivity index (χ4v) is 3.16. The summed E-state index contributed by atoms with van der Waals surface area (Å²) >= 11 is 6.38. The van der Waals surface area contributed by atoms with E-state index in [2.05, 4.69) is 21.3 Å². The summed E-state index contributed by atoms with van der Waals surface area (Å²) < 4.78 is 0. The lowest BCUT2D eigenvalue weighted by atomic mass is 10.1. The normalized spacial score (nSPS) is 17.9. The van der Waals surface area contributed by atoms with Gasteiger partial charge in [-0.2, -0.15) is 0 Å². The molecule has 5 heteroatoms. The third-order valence-electron chi connectivity index (χ3n) is 4.22. The van der Waals surface area contributed by atoms with Crippen LogP contribution in [0.2, 0.25) is 5.02 Å². The summed E-state index contributed by atoms with van der Waals surface area (Å²) in [4.78, 5) is 18.5. The van der Waals surface area contributed by atoms with Crippen molar-refractivity contribution < 1.29 is 4.79 Å². The summed E-state index contributed by atoms with van der Waals surface area (Å²) in [5, 5.41) is 3.42. The first kappa shape index (κ1) is 16.8. The Hall–Kier alpha value is -2.07. The van der Waals surface area contributed by atoms with E-state index in [9.17, 15) is 4.79 Å². The molecule has 126 valence electrons. The van der Waals surface area contributed by atoms with E-state index in [1.54, 1.807) is 6.08 Å². The lowest BCUT2D eigenvalue weighted by Gasteiger charge is -2.29. The Bertz CT molecular complexity index is 688. The van der Waals surface area contributed by atoms with E-state index in [0.29, 0.717) is 10.9 Å². The molecule has 2 aliphatic rings. The number of anilines is 1. The number of amides is 1. The van der Waals surface area contributed by atoms with Crippen LogP contribution in [-0.2, 0) is 4.79 Å². The van der Waals surface area contributed by atoms with Gasteiger partial charge in [-0.1, -0.05) is 23.7 Å². The van der Waals surface area contributed by atoms with E-state index in [0.717, 1.165) is 37.3 Å². The van der Waals surface area contributed by atoms with Crippen molar-refractivity contribution in [1.29, 1.82) is 0 Å². The third kappa shape index (κ3) is 4.48. The molecule has 0 unspecified atom stereocenters. The smallest absolute Gasteiger partial charge is 0.249 e. The highest BCUT2D eigenvalue weighted by molar-refractivity contribution is 6.32. The van der Waals surface area contributed by atoms with Crippen LogP contribution in [0.15, 0.2) is 41.4 Å². The van der Waals surface area contributed by atoms with Crippen LogP contribution in [-0.4, -0.2) is 31.4 Å². The maximum Gasteiger partial charge on any atom is 0.249 e. The van der Waals surface area contributed by atoms with Crippen molar-refractivity contribution in [3.8, 4) is 0 Å². The molecule has 1 fully saturated rings. The zero-order valence-electron chi connectivity index (χ0n) is 13.7. The zero-order chi connectivity index (χ0) is 16.8. The van der Waals surface area contributed by atoms with Crippen LogP contribution < -0.4 is 10.2 Å². The number of carbonyl (C=O) groups is 1. The van der Waals surface area contributed by atoms with E-state index >= 15 is 0 Å². The minimum Gasteiger partial charge on any atom is -0.371 e. The largest absolute Gasteiger partial charge is 0.371 e. The third-order valence-corrected chi connectivity index (χ3v) is 4.55. The number of benzene rings is 1. The highest BCUT2D eigenvalue weighted by atomic mass is 35.5. The number of dihydropyridines is 1. The summed E-state index contributed by atoms with van der Waals surface area (Å²) in [6.45, 7) is 2.90. The van der Waals surface area contributed by atoms with Crippen LogP contribution in [0.25, 0.3) is 6.08 Å². The first-order chi connectivity index (χ1) is 11.7. The van der Waals surface area contributed by atoms with Gasteiger partial charge in [-0.15, -0.1) is 0 Å². The van der Waals surface area contributed by atoms with E-state index in [1.165, 1.54) is 25.3 Å². The lowest BCUT2D eigenvalue weighted by Crippen LogP contribution is -2.29. The molecule has 1 saturated heterocycles. The molecule has 0 atom stereocenters. The Labute approximate surface area is 147 Å². The second kappa shape index (κ2) is 8.15. The first-order valence-corrected chi connectivity index (χ1v) is 8.85. The zero-order valence-corrected chi connectivity index (χ0v) is 14.4. The highest BCUT2D eigenvalue weighted by Crippen LogP contribution is 2.26. The molecule has 1 aromatic rings. The molecular weight excluding hydrogens is 322 g/mol. The number of halogens is 1. The molecule has 0 aromatic heterocycles. The molecule has 1 amide bonds. The van der Waals surface area contributed by atoms with Crippen molar-refractivity contribution in [3.05, 3.63) is 47.0 Å². The summed E-state index contributed by atoms with van der Waals surface area (Å²) in [5.41, 5.74) is 2.00. The SMILES string of the molecule is O=C(/C=C/c1ccc(N2CCCCC2)cc1Cl)NC1=NCCC=C1. The predicted octanol–water partition coefficient (Wildman–Crippen LogP) is 3.82. The van der Waals surface area contributed by atoms with Crippen LogP contribution >= 0.6 is 11.6 Å². The number of rotatable bonds is 3. The molecule has 0 saturated carbocycles. The fraction of sp³-hybridized carbons (Fsp3) is 0.368. The number of amidine groups is 1. The van der Waals surface area contributed by atoms with Gasteiger partial charge in [0.1, 0.15) is 5.84 Å². The van der Waals surface area contributed by atoms with E-state index in [-0.39, 0.29) is 5.91 Å². The Kier molecular flexibility index (Phi) is 5.70. The first-order valence-electron chi connectivity index (χ1n) is 8.47. The minimum absolute atomic E-state index is 0.198. The van der Waals surface area contributed by atoms with Gasteiger partial charge in [0.05, 0.1) is 0 Å². The average molecular weight is 344 g/mol. The number of piperidine rings is 1. The second-order valence-corrected chi connectivity index (χ2v) is 6.44. The van der Waals surface area contributed by atoms with Gasteiger partial charge in [-0.3, -0.25) is 9.79 Å². The Morgan fingerprint density at radius 1 is 1.25 bits per heavy atom. The van der Waals surface area contributed by atoms with Gasteiger partial charge in [0.15, 0.2) is 0 Å². The minimum atomic E-state index is -0.198. The summed E-state index contributed by atoms with van der Waals surface area (Å²) in [6.07, 6.45) is 11.8. The fourth-order valence-electron chi connectivity index (χ4n) is 2.92. The van der Waals surface area contributed by atoms with E-state index in [1.807, 2.05) is 24.3 Å². The molecule has 0 bridgehead atoms. The molecule has 4 nitrogen and oxygen atoms in total.